The van der Waals surface area contributed by atoms with Crippen LogP contribution in [0.3, 0.4) is 0 Å². The van der Waals surface area contributed by atoms with Gasteiger partial charge in [0.1, 0.15) is 11.6 Å². The molecule has 1 aromatic heterocycles. The molecule has 32 heavy (non-hydrogen) atoms. The Kier molecular flexibility index (Phi) is 7.39. The number of aromatic nitrogens is 2. The van der Waals surface area contributed by atoms with Gasteiger partial charge in [-0.25, -0.2) is 0 Å². The standard InChI is InChI=1S/C24H26ClN5OS/c1-17-7-5-6-14-30(17)21-15-22(31-20-8-3-2-4-9-20)28-23(27-21)29-24(32)26-16-18-10-12-19(25)13-11-18/h2-4,8-13,15,17H,5-7,14,16H2,1H3,(H2,26,27,28,29,32)/t17-/m1/s1. The van der Waals surface area contributed by atoms with Crippen molar-refractivity contribution in [3.05, 3.63) is 71.2 Å². The SMILES string of the molecule is C[C@@H]1CCCCN1c1cc(Oc2ccccc2)nc(NC(=S)NCc2ccc(Cl)cc2)n1. The van der Waals surface area contributed by atoms with Crippen molar-refractivity contribution in [1.29, 1.82) is 0 Å². The summed E-state index contributed by atoms with van der Waals surface area (Å²) in [4.78, 5) is 11.6. The fourth-order valence-electron chi connectivity index (χ4n) is 3.65. The molecule has 166 valence electrons. The Morgan fingerprint density at radius 1 is 1.12 bits per heavy atom. The molecule has 0 spiro atoms. The second-order valence-electron chi connectivity index (χ2n) is 7.78. The average molecular weight is 468 g/mol. The fraction of sp³-hybridized carbons (Fsp3) is 0.292. The van der Waals surface area contributed by atoms with E-state index in [-0.39, 0.29) is 0 Å². The Hall–Kier alpha value is -2.90. The van der Waals surface area contributed by atoms with Crippen molar-refractivity contribution in [2.75, 3.05) is 16.8 Å². The molecule has 1 saturated heterocycles. The monoisotopic (exact) mass is 467 g/mol. The van der Waals surface area contributed by atoms with Crippen LogP contribution in [0.2, 0.25) is 5.02 Å². The van der Waals surface area contributed by atoms with Crippen LogP contribution < -0.4 is 20.3 Å². The summed E-state index contributed by atoms with van der Waals surface area (Å²) in [6.07, 6.45) is 3.52. The summed E-state index contributed by atoms with van der Waals surface area (Å²) in [5, 5.41) is 7.44. The van der Waals surface area contributed by atoms with Crippen LogP contribution in [0.25, 0.3) is 0 Å². The van der Waals surface area contributed by atoms with Crippen LogP contribution in [-0.2, 0) is 6.54 Å². The van der Waals surface area contributed by atoms with Gasteiger partial charge in [0.15, 0.2) is 5.11 Å². The number of piperidine rings is 1. The lowest BCUT2D eigenvalue weighted by Crippen LogP contribution is -2.38. The maximum absolute atomic E-state index is 6.01. The third-order valence-corrected chi connectivity index (χ3v) is 5.84. The van der Waals surface area contributed by atoms with Gasteiger partial charge >= 0.3 is 0 Å². The molecular weight excluding hydrogens is 442 g/mol. The number of anilines is 2. The first-order valence-corrected chi connectivity index (χ1v) is 11.5. The van der Waals surface area contributed by atoms with E-state index in [0.29, 0.717) is 34.5 Å². The molecule has 0 saturated carbocycles. The molecule has 1 fully saturated rings. The van der Waals surface area contributed by atoms with E-state index in [1.165, 1.54) is 6.42 Å². The lowest BCUT2D eigenvalue weighted by Gasteiger charge is -2.34. The third kappa shape index (κ3) is 6.08. The Labute approximate surface area is 199 Å². The Morgan fingerprint density at radius 2 is 1.91 bits per heavy atom. The topological polar surface area (TPSA) is 62.3 Å². The van der Waals surface area contributed by atoms with Crippen LogP contribution in [-0.4, -0.2) is 27.7 Å². The van der Waals surface area contributed by atoms with Crippen molar-refractivity contribution in [3.8, 4) is 11.6 Å². The van der Waals surface area contributed by atoms with Crippen molar-refractivity contribution in [3.63, 3.8) is 0 Å². The van der Waals surface area contributed by atoms with Crippen molar-refractivity contribution < 1.29 is 4.74 Å². The van der Waals surface area contributed by atoms with Crippen molar-refractivity contribution in [1.82, 2.24) is 15.3 Å². The lowest BCUT2D eigenvalue weighted by molar-refractivity contribution is 0.457. The second kappa shape index (κ2) is 10.6. The number of hydrogen-bond acceptors (Lipinski definition) is 5. The van der Waals surface area contributed by atoms with E-state index in [0.717, 1.165) is 36.5 Å². The molecule has 0 aliphatic carbocycles. The van der Waals surface area contributed by atoms with E-state index in [1.54, 1.807) is 0 Å². The number of rotatable bonds is 6. The first kappa shape index (κ1) is 22.3. The lowest BCUT2D eigenvalue weighted by atomic mass is 10.0. The minimum atomic E-state index is 0.403. The minimum absolute atomic E-state index is 0.403. The van der Waals surface area contributed by atoms with Crippen molar-refractivity contribution in [2.45, 2.75) is 38.8 Å². The summed E-state index contributed by atoms with van der Waals surface area (Å²) in [6, 6.07) is 19.5. The van der Waals surface area contributed by atoms with Crippen LogP contribution in [0.4, 0.5) is 11.8 Å². The van der Waals surface area contributed by atoms with Crippen LogP contribution in [0.15, 0.2) is 60.7 Å². The normalized spacial score (nSPS) is 15.8. The van der Waals surface area contributed by atoms with E-state index in [4.69, 9.17) is 33.5 Å². The zero-order chi connectivity index (χ0) is 22.3. The van der Waals surface area contributed by atoms with Crippen LogP contribution in [0.5, 0.6) is 11.6 Å². The molecule has 1 aliphatic rings. The number of nitrogens with one attached hydrogen (secondary N) is 2. The smallest absolute Gasteiger partial charge is 0.234 e. The van der Waals surface area contributed by atoms with Gasteiger partial charge in [-0.3, -0.25) is 0 Å². The summed E-state index contributed by atoms with van der Waals surface area (Å²) in [5.74, 6) is 2.43. The van der Waals surface area contributed by atoms with Gasteiger partial charge < -0.3 is 20.3 Å². The number of halogens is 1. The highest BCUT2D eigenvalue weighted by Crippen LogP contribution is 2.28. The van der Waals surface area contributed by atoms with Crippen LogP contribution in [0.1, 0.15) is 31.7 Å². The Morgan fingerprint density at radius 3 is 2.66 bits per heavy atom. The maximum atomic E-state index is 6.01. The van der Waals surface area contributed by atoms with E-state index < -0.39 is 0 Å². The quantitative estimate of drug-likeness (QED) is 0.445. The molecule has 4 rings (SSSR count). The number of benzene rings is 2. The molecule has 1 atom stereocenters. The average Bonchev–Trinajstić information content (AvgIpc) is 2.79. The van der Waals surface area contributed by atoms with E-state index in [9.17, 15) is 0 Å². The number of nitrogens with zero attached hydrogens (tertiary/aromatic N) is 3. The van der Waals surface area contributed by atoms with Gasteiger partial charge in [-0.1, -0.05) is 41.9 Å². The Balaban J connectivity index is 1.51. The van der Waals surface area contributed by atoms with Gasteiger partial charge in [0.05, 0.1) is 0 Å². The predicted octanol–water partition coefficient (Wildman–Crippen LogP) is 5.79. The summed E-state index contributed by atoms with van der Waals surface area (Å²) in [7, 11) is 0. The number of hydrogen-bond donors (Lipinski definition) is 2. The van der Waals surface area contributed by atoms with Gasteiger partial charge in [-0.2, -0.15) is 9.97 Å². The van der Waals surface area contributed by atoms with Gasteiger partial charge in [0.2, 0.25) is 11.8 Å². The van der Waals surface area contributed by atoms with Crippen LogP contribution in [0, 0.1) is 0 Å². The molecule has 0 amide bonds. The minimum Gasteiger partial charge on any atom is -0.439 e. The molecule has 2 heterocycles. The highest BCUT2D eigenvalue weighted by atomic mass is 35.5. The van der Waals surface area contributed by atoms with Crippen LogP contribution >= 0.6 is 23.8 Å². The first-order chi connectivity index (χ1) is 15.6. The summed E-state index contributed by atoms with van der Waals surface area (Å²) >= 11 is 11.4. The number of ether oxygens (including phenoxy) is 1. The molecule has 0 unspecified atom stereocenters. The van der Waals surface area contributed by atoms with Crippen molar-refractivity contribution in [2.24, 2.45) is 0 Å². The zero-order valence-electron chi connectivity index (χ0n) is 17.9. The van der Waals surface area contributed by atoms with Gasteiger partial charge in [0, 0.05) is 30.2 Å². The largest absolute Gasteiger partial charge is 0.439 e. The Bertz CT molecular complexity index is 1050. The molecule has 0 bridgehead atoms. The molecule has 6 nitrogen and oxygen atoms in total. The maximum Gasteiger partial charge on any atom is 0.234 e. The summed E-state index contributed by atoms with van der Waals surface area (Å²) < 4.78 is 6.01. The van der Waals surface area contributed by atoms with Gasteiger partial charge in [-0.15, -0.1) is 0 Å². The molecular formula is C24H26ClN5OS. The zero-order valence-corrected chi connectivity index (χ0v) is 19.5. The molecule has 2 N–H and O–H groups in total. The van der Waals surface area contributed by atoms with Gasteiger partial charge in [-0.05, 0) is 68.2 Å². The fourth-order valence-corrected chi connectivity index (χ4v) is 3.94. The number of thiocarbonyl (C=S) groups is 1. The van der Waals surface area contributed by atoms with Gasteiger partial charge in [0.25, 0.3) is 0 Å². The molecule has 3 aromatic rings. The number of para-hydroxylation sites is 1. The first-order valence-electron chi connectivity index (χ1n) is 10.7. The van der Waals surface area contributed by atoms with E-state index >= 15 is 0 Å². The third-order valence-electron chi connectivity index (χ3n) is 5.34. The van der Waals surface area contributed by atoms with E-state index in [2.05, 4.69) is 27.4 Å². The second-order valence-corrected chi connectivity index (χ2v) is 8.62. The summed E-state index contributed by atoms with van der Waals surface area (Å²) in [6.45, 7) is 3.76. The highest BCUT2D eigenvalue weighted by Gasteiger charge is 2.21. The molecule has 0 radical (unpaired) electrons. The summed E-state index contributed by atoms with van der Waals surface area (Å²) in [5.41, 5.74) is 1.07. The predicted molar refractivity (Wildman–Crippen MR) is 134 cm³/mol. The highest BCUT2D eigenvalue weighted by molar-refractivity contribution is 7.80. The molecule has 8 heteroatoms. The molecule has 2 aromatic carbocycles. The van der Waals surface area contributed by atoms with Crippen molar-refractivity contribution >= 4 is 40.7 Å². The van der Waals surface area contributed by atoms with E-state index in [1.807, 2.05) is 60.7 Å². The molecule has 1 aliphatic heterocycles.